The number of carboxylic acids is 1. The zero-order chi connectivity index (χ0) is 21.1. The van der Waals surface area contributed by atoms with Crippen molar-refractivity contribution in [1.82, 2.24) is 4.98 Å². The Kier molecular flexibility index (Phi) is 5.77. The highest BCUT2D eigenvalue weighted by molar-refractivity contribution is 5.70. The van der Waals surface area contributed by atoms with Crippen LogP contribution in [0.2, 0.25) is 0 Å². The highest BCUT2D eigenvalue weighted by atomic mass is 19.2. The third kappa shape index (κ3) is 4.03. The molecule has 1 aliphatic heterocycles. The van der Waals surface area contributed by atoms with Gasteiger partial charge in [0, 0.05) is 19.2 Å². The molecule has 2 heterocycles. The van der Waals surface area contributed by atoms with Gasteiger partial charge in [-0.25, -0.2) is 0 Å². The van der Waals surface area contributed by atoms with Crippen molar-refractivity contribution in [2.24, 2.45) is 5.92 Å². The lowest BCUT2D eigenvalue weighted by molar-refractivity contribution is -0.142. The van der Waals surface area contributed by atoms with Gasteiger partial charge in [0.2, 0.25) is 11.6 Å². The number of nitrogens with zero attached hydrogens (tertiary/aromatic N) is 3. The number of piperidine rings is 1. The molecule has 1 aliphatic rings. The van der Waals surface area contributed by atoms with E-state index in [1.165, 1.54) is 30.2 Å². The molecule has 1 fully saturated rings. The van der Waals surface area contributed by atoms with E-state index in [-0.39, 0.29) is 43.0 Å². The second-order valence-electron chi connectivity index (χ2n) is 6.36. The van der Waals surface area contributed by atoms with Crippen molar-refractivity contribution in [3.05, 3.63) is 41.3 Å². The van der Waals surface area contributed by atoms with Gasteiger partial charge in [-0.15, -0.1) is 0 Å². The van der Waals surface area contributed by atoms with Crippen molar-refractivity contribution in [3.63, 3.8) is 0 Å². The van der Waals surface area contributed by atoms with E-state index in [0.29, 0.717) is 0 Å². The molecule has 0 amide bonds. The van der Waals surface area contributed by atoms with E-state index in [1.54, 1.807) is 0 Å². The molecule has 152 valence electrons. The Bertz CT molecular complexity index is 986. The molecule has 0 saturated carbocycles. The Morgan fingerprint density at radius 1 is 1.24 bits per heavy atom. The van der Waals surface area contributed by atoms with Crippen LogP contribution in [0.3, 0.4) is 0 Å². The van der Waals surface area contributed by atoms with E-state index in [0.717, 1.165) is 0 Å². The number of carboxylic acid groups (broad SMARTS) is 1. The Labute approximate surface area is 163 Å². The van der Waals surface area contributed by atoms with Crippen molar-refractivity contribution < 1.29 is 32.5 Å². The predicted molar refractivity (Wildman–Crippen MR) is 94.5 cm³/mol. The number of carbonyl (C=O) groups is 1. The summed E-state index contributed by atoms with van der Waals surface area (Å²) in [7, 11) is 1.32. The zero-order valence-corrected chi connectivity index (χ0v) is 15.3. The van der Waals surface area contributed by atoms with E-state index in [2.05, 4.69) is 4.98 Å². The van der Waals surface area contributed by atoms with Crippen LogP contribution >= 0.6 is 0 Å². The normalized spacial score (nSPS) is 14.4. The molecule has 0 aliphatic carbocycles. The number of hydrogen-bond donors (Lipinski definition) is 1. The number of hydrogen-bond acceptors (Lipinski definition) is 6. The SMILES string of the molecule is COc1ccc(C#N)cc1Oc1nc(F)c(F)c(N2CCC(C(=O)O)CC2)c1F. The lowest BCUT2D eigenvalue weighted by Crippen LogP contribution is -2.37. The van der Waals surface area contributed by atoms with E-state index >= 15 is 0 Å². The summed E-state index contributed by atoms with van der Waals surface area (Å²) in [5.41, 5.74) is -0.494. The molecule has 7 nitrogen and oxygen atoms in total. The monoisotopic (exact) mass is 407 g/mol. The lowest BCUT2D eigenvalue weighted by Gasteiger charge is -2.32. The van der Waals surface area contributed by atoms with Gasteiger partial charge >= 0.3 is 5.97 Å². The topological polar surface area (TPSA) is 95.7 Å². The first kappa shape index (κ1) is 20.3. The first-order valence-electron chi connectivity index (χ1n) is 8.64. The maximum atomic E-state index is 15.0. The van der Waals surface area contributed by atoms with Crippen LogP contribution in [0.1, 0.15) is 18.4 Å². The summed E-state index contributed by atoms with van der Waals surface area (Å²) in [5.74, 6) is -6.68. The van der Waals surface area contributed by atoms with Crippen LogP contribution in [0.25, 0.3) is 0 Å². The van der Waals surface area contributed by atoms with Crippen LogP contribution < -0.4 is 14.4 Å². The summed E-state index contributed by atoms with van der Waals surface area (Å²) in [6, 6.07) is 5.97. The first-order chi connectivity index (χ1) is 13.8. The molecule has 2 aromatic rings. The Hall–Kier alpha value is -3.48. The summed E-state index contributed by atoms with van der Waals surface area (Å²) >= 11 is 0. The van der Waals surface area contributed by atoms with Gasteiger partial charge < -0.3 is 19.5 Å². The number of methoxy groups -OCH3 is 1. The summed E-state index contributed by atoms with van der Waals surface area (Å²) < 4.78 is 53.8. The largest absolute Gasteiger partial charge is 0.493 e. The molecule has 0 bridgehead atoms. The van der Waals surface area contributed by atoms with E-state index in [9.17, 15) is 18.0 Å². The van der Waals surface area contributed by atoms with Crippen LogP contribution in [0.5, 0.6) is 17.4 Å². The standard InChI is InChI=1S/C19H16F3N3O4/c1-28-12-3-2-10(9-23)8-13(12)29-18-15(21)16(14(20)17(22)24-18)25-6-4-11(5-7-25)19(26)27/h2-3,8,11H,4-7H2,1H3,(H,26,27). The first-order valence-corrected chi connectivity index (χ1v) is 8.64. The molecular weight excluding hydrogens is 391 g/mol. The maximum absolute atomic E-state index is 15.0. The van der Waals surface area contributed by atoms with Crippen molar-refractivity contribution in [1.29, 1.82) is 5.26 Å². The number of anilines is 1. The molecular formula is C19H16F3N3O4. The second-order valence-corrected chi connectivity index (χ2v) is 6.36. The van der Waals surface area contributed by atoms with Crippen molar-refractivity contribution >= 4 is 11.7 Å². The lowest BCUT2D eigenvalue weighted by atomic mass is 9.97. The van der Waals surface area contributed by atoms with Crippen LogP contribution in [-0.2, 0) is 4.79 Å². The fraction of sp³-hybridized carbons (Fsp3) is 0.316. The summed E-state index contributed by atoms with van der Waals surface area (Å²) in [5, 5.41) is 18.1. The molecule has 1 saturated heterocycles. The number of aliphatic carboxylic acids is 1. The summed E-state index contributed by atoms with van der Waals surface area (Å²) in [6.45, 7) is 0.0574. The Balaban J connectivity index is 1.97. The minimum Gasteiger partial charge on any atom is -0.493 e. The third-order valence-electron chi connectivity index (χ3n) is 4.64. The third-order valence-corrected chi connectivity index (χ3v) is 4.64. The van der Waals surface area contributed by atoms with E-state index in [4.69, 9.17) is 19.8 Å². The molecule has 0 radical (unpaired) electrons. The molecule has 0 atom stereocenters. The molecule has 10 heteroatoms. The number of nitriles is 1. The Morgan fingerprint density at radius 2 is 1.93 bits per heavy atom. The smallest absolute Gasteiger partial charge is 0.306 e. The minimum atomic E-state index is -1.56. The average molecular weight is 407 g/mol. The molecule has 0 spiro atoms. The molecule has 0 unspecified atom stereocenters. The number of aromatic nitrogens is 1. The van der Waals surface area contributed by atoms with Crippen LogP contribution in [0.15, 0.2) is 18.2 Å². The molecule has 29 heavy (non-hydrogen) atoms. The van der Waals surface area contributed by atoms with Gasteiger partial charge in [0.1, 0.15) is 5.69 Å². The fourth-order valence-electron chi connectivity index (χ4n) is 3.11. The number of ether oxygens (including phenoxy) is 2. The van der Waals surface area contributed by atoms with Crippen molar-refractivity contribution in [2.45, 2.75) is 12.8 Å². The van der Waals surface area contributed by atoms with Gasteiger partial charge in [-0.1, -0.05) is 0 Å². The summed E-state index contributed by atoms with van der Waals surface area (Å²) in [4.78, 5) is 15.5. The second kappa shape index (κ2) is 8.26. The van der Waals surface area contributed by atoms with Gasteiger partial charge in [-0.2, -0.15) is 23.4 Å². The van der Waals surface area contributed by atoms with Crippen molar-refractivity contribution in [3.8, 4) is 23.4 Å². The van der Waals surface area contributed by atoms with E-state index < -0.39 is 41.0 Å². The van der Waals surface area contributed by atoms with Gasteiger partial charge in [-0.3, -0.25) is 4.79 Å². The average Bonchev–Trinajstić information content (AvgIpc) is 2.72. The summed E-state index contributed by atoms with van der Waals surface area (Å²) in [6.07, 6.45) is 0.318. The van der Waals surface area contributed by atoms with E-state index in [1.807, 2.05) is 6.07 Å². The maximum Gasteiger partial charge on any atom is 0.306 e. The highest BCUT2D eigenvalue weighted by Gasteiger charge is 2.31. The van der Waals surface area contributed by atoms with Crippen LogP contribution in [0.4, 0.5) is 18.9 Å². The number of rotatable bonds is 5. The molecule has 1 aromatic carbocycles. The van der Waals surface area contributed by atoms with Crippen LogP contribution in [0, 0.1) is 34.8 Å². The fourth-order valence-corrected chi connectivity index (χ4v) is 3.11. The zero-order valence-electron chi connectivity index (χ0n) is 15.3. The van der Waals surface area contributed by atoms with Gasteiger partial charge in [-0.05, 0) is 25.0 Å². The van der Waals surface area contributed by atoms with Crippen LogP contribution in [-0.4, -0.2) is 36.3 Å². The van der Waals surface area contributed by atoms with Gasteiger partial charge in [0.25, 0.3) is 11.8 Å². The predicted octanol–water partition coefficient (Wildman–Crippen LogP) is 3.47. The van der Waals surface area contributed by atoms with Gasteiger partial charge in [0.15, 0.2) is 11.5 Å². The minimum absolute atomic E-state index is 0.0287. The molecule has 1 N–H and O–H groups in total. The Morgan fingerprint density at radius 3 is 2.52 bits per heavy atom. The quantitative estimate of drug-likeness (QED) is 0.758. The number of benzene rings is 1. The highest BCUT2D eigenvalue weighted by Crippen LogP contribution is 2.37. The number of halogens is 3. The van der Waals surface area contributed by atoms with Gasteiger partial charge in [0.05, 0.1) is 24.7 Å². The molecule has 1 aromatic heterocycles. The molecule has 3 rings (SSSR count). The van der Waals surface area contributed by atoms with Crippen molar-refractivity contribution in [2.75, 3.05) is 25.1 Å². The number of pyridine rings is 1.